The Hall–Kier alpha value is -2.68. The molecule has 0 spiro atoms. The summed E-state index contributed by atoms with van der Waals surface area (Å²) in [5, 5.41) is 2.87. The van der Waals surface area contributed by atoms with Gasteiger partial charge < -0.3 is 15.0 Å². The van der Waals surface area contributed by atoms with Gasteiger partial charge in [-0.1, -0.05) is 12.1 Å². The summed E-state index contributed by atoms with van der Waals surface area (Å²) in [7, 11) is 1.53. The third-order valence-corrected chi connectivity index (χ3v) is 5.59. The van der Waals surface area contributed by atoms with Crippen LogP contribution in [-0.4, -0.2) is 42.4 Å². The summed E-state index contributed by atoms with van der Waals surface area (Å²) in [6, 6.07) is 12.5. The number of para-hydroxylation sites is 2. The molecular formula is C21H21F3N2O3S. The molecule has 1 N–H and O–H groups in total. The van der Waals surface area contributed by atoms with Crippen LogP contribution >= 0.6 is 11.8 Å². The number of nitrogens with one attached hydrogen (secondary N) is 1. The van der Waals surface area contributed by atoms with E-state index >= 15 is 0 Å². The van der Waals surface area contributed by atoms with Crippen molar-refractivity contribution in [3.63, 3.8) is 0 Å². The van der Waals surface area contributed by atoms with E-state index in [9.17, 15) is 22.8 Å². The third-order valence-electron chi connectivity index (χ3n) is 4.85. The number of hydrogen-bond acceptors (Lipinski definition) is 4. The van der Waals surface area contributed by atoms with Crippen LogP contribution in [0.5, 0.6) is 5.75 Å². The van der Waals surface area contributed by atoms with Crippen molar-refractivity contribution in [3.05, 3.63) is 54.1 Å². The highest BCUT2D eigenvalue weighted by atomic mass is 32.2. The predicted molar refractivity (Wildman–Crippen MR) is 109 cm³/mol. The molecule has 1 aliphatic heterocycles. The lowest BCUT2D eigenvalue weighted by atomic mass is 9.95. The Morgan fingerprint density at radius 1 is 1.07 bits per heavy atom. The number of anilines is 1. The number of methoxy groups -OCH3 is 1. The van der Waals surface area contributed by atoms with E-state index in [0.29, 0.717) is 42.9 Å². The molecule has 0 bridgehead atoms. The van der Waals surface area contributed by atoms with Crippen LogP contribution in [0.3, 0.4) is 0 Å². The Balaban J connectivity index is 1.54. The SMILES string of the molecule is COc1ccccc1NC(=O)C1CCN(C(=O)c2ccc(SC(F)(F)F)cc2)CC1. The zero-order chi connectivity index (χ0) is 21.7. The van der Waals surface area contributed by atoms with E-state index in [1.807, 2.05) is 6.07 Å². The number of benzene rings is 2. The molecular weight excluding hydrogens is 417 g/mol. The molecule has 1 aliphatic rings. The molecule has 3 rings (SSSR count). The summed E-state index contributed by atoms with van der Waals surface area (Å²) >= 11 is -0.215. The van der Waals surface area contributed by atoms with E-state index in [-0.39, 0.29) is 34.4 Å². The largest absolute Gasteiger partial charge is 0.495 e. The number of thioether (sulfide) groups is 1. The van der Waals surface area contributed by atoms with Crippen molar-refractivity contribution >= 4 is 29.3 Å². The molecule has 1 fully saturated rings. The van der Waals surface area contributed by atoms with E-state index in [0.717, 1.165) is 0 Å². The van der Waals surface area contributed by atoms with E-state index < -0.39 is 5.51 Å². The summed E-state index contributed by atoms with van der Waals surface area (Å²) in [5.41, 5.74) is -3.43. The summed E-state index contributed by atoms with van der Waals surface area (Å²) in [6.07, 6.45) is 1.02. The molecule has 2 amide bonds. The van der Waals surface area contributed by atoms with Crippen LogP contribution in [0.2, 0.25) is 0 Å². The molecule has 0 aromatic heterocycles. The first-order valence-corrected chi connectivity index (χ1v) is 10.2. The molecule has 0 atom stereocenters. The number of piperidine rings is 1. The third kappa shape index (κ3) is 5.69. The summed E-state index contributed by atoms with van der Waals surface area (Å²) in [5.74, 6) is -0.0302. The minimum atomic E-state index is -4.36. The van der Waals surface area contributed by atoms with Crippen molar-refractivity contribution in [2.45, 2.75) is 23.2 Å². The van der Waals surface area contributed by atoms with Crippen LogP contribution in [-0.2, 0) is 4.79 Å². The molecule has 1 heterocycles. The summed E-state index contributed by atoms with van der Waals surface area (Å²) < 4.78 is 42.5. The molecule has 2 aromatic rings. The highest BCUT2D eigenvalue weighted by molar-refractivity contribution is 8.00. The fraction of sp³-hybridized carbons (Fsp3) is 0.333. The topological polar surface area (TPSA) is 58.6 Å². The van der Waals surface area contributed by atoms with E-state index in [1.54, 1.807) is 23.1 Å². The van der Waals surface area contributed by atoms with Crippen LogP contribution in [0.4, 0.5) is 18.9 Å². The molecule has 2 aromatic carbocycles. The Morgan fingerprint density at radius 3 is 2.30 bits per heavy atom. The van der Waals surface area contributed by atoms with Crippen LogP contribution < -0.4 is 10.1 Å². The average molecular weight is 438 g/mol. The first kappa shape index (κ1) is 22.0. The maximum absolute atomic E-state index is 12.6. The molecule has 0 aliphatic carbocycles. The van der Waals surface area contributed by atoms with Crippen molar-refractivity contribution in [2.75, 3.05) is 25.5 Å². The van der Waals surface area contributed by atoms with Crippen molar-refractivity contribution in [3.8, 4) is 5.75 Å². The minimum absolute atomic E-state index is 0.0331. The lowest BCUT2D eigenvalue weighted by Gasteiger charge is -2.31. The Bertz CT molecular complexity index is 895. The molecule has 0 radical (unpaired) electrons. The lowest BCUT2D eigenvalue weighted by Crippen LogP contribution is -2.41. The van der Waals surface area contributed by atoms with Crippen molar-refractivity contribution in [1.82, 2.24) is 4.90 Å². The van der Waals surface area contributed by atoms with Crippen molar-refractivity contribution < 1.29 is 27.5 Å². The number of carbonyl (C=O) groups excluding carboxylic acids is 2. The number of halogens is 3. The van der Waals surface area contributed by atoms with Crippen LogP contribution in [0.1, 0.15) is 23.2 Å². The van der Waals surface area contributed by atoms with Gasteiger partial charge >= 0.3 is 5.51 Å². The second-order valence-electron chi connectivity index (χ2n) is 6.83. The fourth-order valence-electron chi connectivity index (χ4n) is 3.31. The van der Waals surface area contributed by atoms with Crippen LogP contribution in [0, 0.1) is 5.92 Å². The summed E-state index contributed by atoms with van der Waals surface area (Å²) in [4.78, 5) is 26.9. The van der Waals surface area contributed by atoms with Gasteiger partial charge in [0.05, 0.1) is 12.8 Å². The van der Waals surface area contributed by atoms with Gasteiger partial charge in [0.25, 0.3) is 5.91 Å². The number of rotatable bonds is 5. The first-order valence-electron chi connectivity index (χ1n) is 9.36. The second-order valence-corrected chi connectivity index (χ2v) is 7.97. The van der Waals surface area contributed by atoms with Gasteiger partial charge in [-0.05, 0) is 61.0 Å². The highest BCUT2D eigenvalue weighted by Gasteiger charge is 2.30. The van der Waals surface area contributed by atoms with Gasteiger partial charge in [0.15, 0.2) is 0 Å². The van der Waals surface area contributed by atoms with Gasteiger partial charge in [-0.15, -0.1) is 0 Å². The predicted octanol–water partition coefficient (Wildman–Crippen LogP) is 4.80. The zero-order valence-electron chi connectivity index (χ0n) is 16.2. The Kier molecular flexibility index (Phi) is 6.91. The fourth-order valence-corrected chi connectivity index (χ4v) is 3.85. The Labute approximate surface area is 176 Å². The molecule has 5 nitrogen and oxygen atoms in total. The van der Waals surface area contributed by atoms with Crippen molar-refractivity contribution in [2.24, 2.45) is 5.92 Å². The molecule has 160 valence electrons. The Morgan fingerprint density at radius 2 is 1.70 bits per heavy atom. The van der Waals surface area contributed by atoms with Crippen LogP contribution in [0.15, 0.2) is 53.4 Å². The molecule has 1 saturated heterocycles. The number of hydrogen-bond donors (Lipinski definition) is 1. The van der Waals surface area contributed by atoms with Crippen molar-refractivity contribution in [1.29, 1.82) is 0 Å². The van der Waals surface area contributed by atoms with Gasteiger partial charge in [-0.3, -0.25) is 9.59 Å². The maximum Gasteiger partial charge on any atom is 0.446 e. The monoisotopic (exact) mass is 438 g/mol. The molecule has 0 unspecified atom stereocenters. The van der Waals surface area contributed by atoms with E-state index in [4.69, 9.17) is 4.74 Å². The quantitative estimate of drug-likeness (QED) is 0.682. The second kappa shape index (κ2) is 9.42. The van der Waals surface area contributed by atoms with E-state index in [2.05, 4.69) is 5.32 Å². The van der Waals surface area contributed by atoms with E-state index in [1.165, 1.54) is 31.4 Å². The standard InChI is InChI=1S/C21H21F3N2O3S/c1-29-18-5-3-2-4-17(18)25-19(27)14-10-12-26(13-11-14)20(28)15-6-8-16(9-7-15)30-21(22,23)24/h2-9,14H,10-13H2,1H3,(H,25,27). The van der Waals surface area contributed by atoms with Gasteiger partial charge in [-0.25, -0.2) is 0 Å². The summed E-state index contributed by atoms with van der Waals surface area (Å²) in [6.45, 7) is 0.809. The normalized spacial score (nSPS) is 15.0. The molecule has 9 heteroatoms. The lowest BCUT2D eigenvalue weighted by molar-refractivity contribution is -0.121. The van der Waals surface area contributed by atoms with Gasteiger partial charge in [0, 0.05) is 29.5 Å². The number of alkyl halides is 3. The molecule has 30 heavy (non-hydrogen) atoms. The smallest absolute Gasteiger partial charge is 0.446 e. The van der Waals surface area contributed by atoms with Gasteiger partial charge in [0.1, 0.15) is 5.75 Å². The highest BCUT2D eigenvalue weighted by Crippen LogP contribution is 2.36. The minimum Gasteiger partial charge on any atom is -0.495 e. The van der Waals surface area contributed by atoms with Gasteiger partial charge in [0.2, 0.25) is 5.91 Å². The average Bonchev–Trinajstić information content (AvgIpc) is 2.73. The number of nitrogens with zero attached hydrogens (tertiary/aromatic N) is 1. The van der Waals surface area contributed by atoms with Gasteiger partial charge in [-0.2, -0.15) is 13.2 Å². The molecule has 0 saturated carbocycles. The number of amides is 2. The number of likely N-dealkylation sites (tertiary alicyclic amines) is 1. The maximum atomic E-state index is 12.6. The van der Waals surface area contributed by atoms with Crippen LogP contribution in [0.25, 0.3) is 0 Å². The first-order chi connectivity index (χ1) is 14.3. The zero-order valence-corrected chi connectivity index (χ0v) is 17.1. The number of ether oxygens (including phenoxy) is 1. The number of carbonyl (C=O) groups is 2.